The van der Waals surface area contributed by atoms with Gasteiger partial charge in [-0.15, -0.1) is 0 Å². The van der Waals surface area contributed by atoms with E-state index in [2.05, 4.69) is 4.72 Å². The van der Waals surface area contributed by atoms with Crippen molar-refractivity contribution in [1.82, 2.24) is 19.5 Å². The van der Waals surface area contributed by atoms with Gasteiger partial charge in [0.1, 0.15) is 11.9 Å². The van der Waals surface area contributed by atoms with E-state index in [0.29, 0.717) is 42.4 Å². The number of sulfonamides is 1. The van der Waals surface area contributed by atoms with E-state index in [1.54, 1.807) is 9.42 Å². The van der Waals surface area contributed by atoms with Gasteiger partial charge in [0.05, 0.1) is 48.9 Å². The predicted octanol–water partition coefficient (Wildman–Crippen LogP) is 2.12. The topological polar surface area (TPSA) is 152 Å². The summed E-state index contributed by atoms with van der Waals surface area (Å²) in [6.45, 7) is 3.35. The molecule has 5 rings (SSSR count). The zero-order valence-corrected chi connectivity index (χ0v) is 23.2. The summed E-state index contributed by atoms with van der Waals surface area (Å²) in [6, 6.07) is 6.07. The number of amides is 1. The highest BCUT2D eigenvalue weighted by atomic mass is 35.5. The van der Waals surface area contributed by atoms with Gasteiger partial charge in [-0.05, 0) is 44.4 Å². The SMILES string of the molecule is Cc1cn2nc([C@@H]3CCCCN3C(=O)c3cc(Cl)ccc3NS(C)(=O)=O)cc2nc1N1CC(OC(=O)CN)C1. The summed E-state index contributed by atoms with van der Waals surface area (Å²) in [5.41, 5.74) is 7.93. The van der Waals surface area contributed by atoms with Crippen LogP contribution in [-0.4, -0.2) is 78.3 Å². The van der Waals surface area contributed by atoms with Crippen LogP contribution in [0.3, 0.4) is 0 Å². The molecule has 3 N–H and O–H groups in total. The first-order valence-electron chi connectivity index (χ1n) is 12.6. The fourth-order valence-corrected chi connectivity index (χ4v) is 5.79. The number of halogens is 1. The number of carbonyl (C=O) groups excluding carboxylic acids is 2. The fourth-order valence-electron chi connectivity index (χ4n) is 5.04. The van der Waals surface area contributed by atoms with Crippen LogP contribution >= 0.6 is 11.6 Å². The van der Waals surface area contributed by atoms with Crippen molar-refractivity contribution >= 4 is 50.7 Å². The Bertz CT molecular complexity index is 1540. The molecule has 2 saturated heterocycles. The van der Waals surface area contributed by atoms with Gasteiger partial charge >= 0.3 is 5.97 Å². The highest BCUT2D eigenvalue weighted by Crippen LogP contribution is 2.34. The van der Waals surface area contributed by atoms with Gasteiger partial charge in [0.2, 0.25) is 10.0 Å². The molecular formula is C25H30ClN7O5S. The van der Waals surface area contributed by atoms with Crippen molar-refractivity contribution < 1.29 is 22.7 Å². The molecule has 4 heterocycles. The van der Waals surface area contributed by atoms with Crippen molar-refractivity contribution in [2.75, 3.05) is 42.1 Å². The van der Waals surface area contributed by atoms with Crippen molar-refractivity contribution in [1.29, 1.82) is 0 Å². The third-order valence-electron chi connectivity index (χ3n) is 6.85. The number of hydrogen-bond donors (Lipinski definition) is 2. The summed E-state index contributed by atoms with van der Waals surface area (Å²) < 4.78 is 33.2. The van der Waals surface area contributed by atoms with Gasteiger partial charge in [-0.3, -0.25) is 14.3 Å². The molecule has 12 nitrogen and oxygen atoms in total. The number of hydrogen-bond acceptors (Lipinski definition) is 9. The Balaban J connectivity index is 1.41. The molecule has 1 amide bonds. The number of nitrogens with one attached hydrogen (secondary N) is 1. The number of nitrogens with zero attached hydrogens (tertiary/aromatic N) is 5. The fraction of sp³-hybridized carbons (Fsp3) is 0.440. The molecule has 2 fully saturated rings. The van der Waals surface area contributed by atoms with Crippen LogP contribution in [0.15, 0.2) is 30.5 Å². The van der Waals surface area contributed by atoms with E-state index in [-0.39, 0.29) is 35.8 Å². The summed E-state index contributed by atoms with van der Waals surface area (Å²) in [4.78, 5) is 33.8. The Morgan fingerprint density at radius 1 is 1.23 bits per heavy atom. The first-order valence-corrected chi connectivity index (χ1v) is 14.9. The number of fused-ring (bicyclic) bond motifs is 1. The number of rotatable bonds is 7. The second kappa shape index (κ2) is 10.6. The number of benzene rings is 1. The van der Waals surface area contributed by atoms with E-state index in [9.17, 15) is 18.0 Å². The van der Waals surface area contributed by atoms with Crippen LogP contribution in [0.1, 0.15) is 46.9 Å². The van der Waals surface area contributed by atoms with Crippen molar-refractivity contribution in [2.45, 2.75) is 38.3 Å². The maximum Gasteiger partial charge on any atom is 0.320 e. The number of likely N-dealkylation sites (tertiary alicyclic amines) is 1. The number of esters is 1. The maximum absolute atomic E-state index is 13.8. The molecule has 0 bridgehead atoms. The molecule has 1 aromatic carbocycles. The number of piperidine rings is 1. The van der Waals surface area contributed by atoms with E-state index in [4.69, 9.17) is 32.2 Å². The Morgan fingerprint density at radius 3 is 2.72 bits per heavy atom. The largest absolute Gasteiger partial charge is 0.458 e. The van der Waals surface area contributed by atoms with E-state index in [1.165, 1.54) is 18.2 Å². The lowest BCUT2D eigenvalue weighted by molar-refractivity contribution is -0.148. The molecule has 3 aromatic rings. The molecule has 0 radical (unpaired) electrons. The van der Waals surface area contributed by atoms with Crippen LogP contribution in [0.2, 0.25) is 5.02 Å². The average molecular weight is 576 g/mol. The highest BCUT2D eigenvalue weighted by molar-refractivity contribution is 7.92. The maximum atomic E-state index is 13.8. The van der Waals surface area contributed by atoms with Gasteiger partial charge in [0.15, 0.2) is 5.65 Å². The normalized spacial score (nSPS) is 18.2. The molecule has 2 aromatic heterocycles. The predicted molar refractivity (Wildman–Crippen MR) is 146 cm³/mol. The quantitative estimate of drug-likeness (QED) is 0.403. The van der Waals surface area contributed by atoms with E-state index < -0.39 is 16.0 Å². The lowest BCUT2D eigenvalue weighted by Crippen LogP contribution is -2.54. The monoisotopic (exact) mass is 575 g/mol. The summed E-state index contributed by atoms with van der Waals surface area (Å²) in [6.07, 6.45) is 5.15. The molecule has 0 aliphatic carbocycles. The van der Waals surface area contributed by atoms with E-state index in [1.807, 2.05) is 24.1 Å². The minimum Gasteiger partial charge on any atom is -0.458 e. The summed E-state index contributed by atoms with van der Waals surface area (Å²) in [5, 5.41) is 5.08. The second-order valence-corrected chi connectivity index (χ2v) is 12.1. The number of anilines is 2. The first kappa shape index (κ1) is 27.2. The summed E-state index contributed by atoms with van der Waals surface area (Å²) in [5.74, 6) is 0.0265. The molecule has 0 unspecified atom stereocenters. The Morgan fingerprint density at radius 2 is 2.00 bits per heavy atom. The van der Waals surface area contributed by atoms with Crippen LogP contribution < -0.4 is 15.4 Å². The summed E-state index contributed by atoms with van der Waals surface area (Å²) >= 11 is 6.18. The number of aryl methyl sites for hydroxylation is 1. The van der Waals surface area contributed by atoms with Crippen molar-refractivity contribution in [2.24, 2.45) is 5.73 Å². The lowest BCUT2D eigenvalue weighted by atomic mass is 9.98. The molecule has 0 saturated carbocycles. The molecule has 0 spiro atoms. The number of carbonyl (C=O) groups is 2. The molecule has 2 aliphatic heterocycles. The van der Waals surface area contributed by atoms with Crippen LogP contribution in [0.4, 0.5) is 11.5 Å². The molecule has 14 heteroatoms. The van der Waals surface area contributed by atoms with Crippen molar-refractivity contribution in [3.63, 3.8) is 0 Å². The Labute approximate surface area is 231 Å². The number of aromatic nitrogens is 3. The van der Waals surface area contributed by atoms with Gasteiger partial charge < -0.3 is 20.3 Å². The molecule has 39 heavy (non-hydrogen) atoms. The van der Waals surface area contributed by atoms with E-state index >= 15 is 0 Å². The van der Waals surface area contributed by atoms with Crippen molar-refractivity contribution in [3.05, 3.63) is 52.3 Å². The average Bonchev–Trinajstić information content (AvgIpc) is 3.28. The Kier molecular flexibility index (Phi) is 7.40. The molecular weight excluding hydrogens is 546 g/mol. The number of ether oxygens (including phenoxy) is 1. The number of nitrogens with two attached hydrogens (primary N) is 1. The standard InChI is InChI=1S/C25H30ClN7O5S/c1-15-12-33-22(28-24(15)31-13-17(14-31)38-23(34)11-27)10-20(29-33)21-5-3-4-8-32(21)25(35)18-9-16(26)6-7-19(18)30-39(2,36)37/h6-7,9-10,12,17,21,30H,3-5,8,11,13-14,27H2,1-2H3/t21-/m0/s1. The van der Waals surface area contributed by atoms with Crippen LogP contribution in [0, 0.1) is 6.92 Å². The van der Waals surface area contributed by atoms with E-state index in [0.717, 1.165) is 30.5 Å². The van der Waals surface area contributed by atoms with Gasteiger partial charge in [-0.1, -0.05) is 11.6 Å². The van der Waals surface area contributed by atoms with Crippen LogP contribution in [0.5, 0.6) is 0 Å². The van der Waals surface area contributed by atoms with Gasteiger partial charge in [0, 0.05) is 29.4 Å². The van der Waals surface area contributed by atoms with Crippen LogP contribution in [0.25, 0.3) is 5.65 Å². The Hall–Kier alpha value is -3.42. The van der Waals surface area contributed by atoms with Gasteiger partial charge in [-0.2, -0.15) is 5.10 Å². The molecule has 208 valence electrons. The first-order chi connectivity index (χ1) is 18.5. The smallest absolute Gasteiger partial charge is 0.320 e. The molecule has 1 atom stereocenters. The lowest BCUT2D eigenvalue weighted by Gasteiger charge is -2.39. The van der Waals surface area contributed by atoms with Gasteiger partial charge in [0.25, 0.3) is 5.91 Å². The minimum absolute atomic E-state index is 0.147. The van der Waals surface area contributed by atoms with Crippen molar-refractivity contribution in [3.8, 4) is 0 Å². The second-order valence-electron chi connectivity index (χ2n) is 9.91. The zero-order valence-electron chi connectivity index (χ0n) is 21.6. The third kappa shape index (κ3) is 5.80. The third-order valence-corrected chi connectivity index (χ3v) is 7.67. The molecule has 2 aliphatic rings. The minimum atomic E-state index is -3.61. The highest BCUT2D eigenvalue weighted by Gasteiger charge is 2.34. The zero-order chi connectivity index (χ0) is 27.9. The summed E-state index contributed by atoms with van der Waals surface area (Å²) in [7, 11) is -3.61. The van der Waals surface area contributed by atoms with Gasteiger partial charge in [-0.25, -0.2) is 17.9 Å². The van der Waals surface area contributed by atoms with Crippen LogP contribution in [-0.2, 0) is 19.6 Å².